The van der Waals surface area contributed by atoms with Crippen LogP contribution in [0.3, 0.4) is 0 Å². The third-order valence-corrected chi connectivity index (χ3v) is 2.75. The zero-order valence-electron chi connectivity index (χ0n) is 9.35. The lowest BCUT2D eigenvalue weighted by Gasteiger charge is -2.21. The molecule has 0 aliphatic carbocycles. The summed E-state index contributed by atoms with van der Waals surface area (Å²) in [5, 5.41) is 11.4. The molecular weight excluding hydrogens is 194 g/mol. The molecule has 0 radical (unpaired) electrons. The first-order chi connectivity index (χ1) is 7.26. The minimum Gasteiger partial charge on any atom is -0.409 e. The molecular formula is C10H21N3O2. The van der Waals surface area contributed by atoms with Crippen LogP contribution in [0.5, 0.6) is 0 Å². The van der Waals surface area contributed by atoms with Crippen LogP contribution in [0.4, 0.5) is 0 Å². The third-order valence-electron chi connectivity index (χ3n) is 2.75. The van der Waals surface area contributed by atoms with E-state index in [1.807, 2.05) is 0 Å². The Bertz CT molecular complexity index is 203. The largest absolute Gasteiger partial charge is 0.409 e. The molecule has 3 N–H and O–H groups in total. The molecule has 0 saturated carbocycles. The zero-order valence-corrected chi connectivity index (χ0v) is 9.35. The van der Waals surface area contributed by atoms with Crippen LogP contribution >= 0.6 is 0 Å². The van der Waals surface area contributed by atoms with Gasteiger partial charge >= 0.3 is 0 Å². The second-order valence-corrected chi connectivity index (χ2v) is 3.88. The number of likely N-dealkylation sites (N-methyl/N-ethyl adjacent to an activating group) is 1. The average Bonchev–Trinajstić information content (AvgIpc) is 2.76. The molecule has 5 nitrogen and oxygen atoms in total. The first-order valence-electron chi connectivity index (χ1n) is 5.56. The number of ether oxygens (including phenoxy) is 1. The predicted octanol–water partition coefficient (Wildman–Crippen LogP) is 0.624. The Balaban J connectivity index is 2.20. The lowest BCUT2D eigenvalue weighted by molar-refractivity contribution is 0.0944. The standard InChI is InChI=1S/C10H21N3O2/c1-2-13(8-10(11)12-14)6-5-9-4-3-7-15-9/h9,14H,2-8H2,1H3,(H2,11,12). The van der Waals surface area contributed by atoms with Crippen molar-refractivity contribution in [1.82, 2.24) is 4.90 Å². The van der Waals surface area contributed by atoms with Gasteiger partial charge in [-0.25, -0.2) is 0 Å². The maximum atomic E-state index is 8.47. The smallest absolute Gasteiger partial charge is 0.153 e. The van der Waals surface area contributed by atoms with Crippen molar-refractivity contribution >= 4 is 5.84 Å². The summed E-state index contributed by atoms with van der Waals surface area (Å²) in [5.41, 5.74) is 5.46. The first-order valence-corrected chi connectivity index (χ1v) is 5.56. The van der Waals surface area contributed by atoms with E-state index in [2.05, 4.69) is 17.0 Å². The number of rotatable bonds is 6. The molecule has 1 aliphatic rings. The van der Waals surface area contributed by atoms with Gasteiger partial charge in [-0.2, -0.15) is 0 Å². The van der Waals surface area contributed by atoms with E-state index in [4.69, 9.17) is 15.7 Å². The van der Waals surface area contributed by atoms with Crippen molar-refractivity contribution in [2.45, 2.75) is 32.3 Å². The summed E-state index contributed by atoms with van der Waals surface area (Å²) < 4.78 is 5.54. The Morgan fingerprint density at radius 1 is 1.67 bits per heavy atom. The summed E-state index contributed by atoms with van der Waals surface area (Å²) in [5.74, 6) is 0.268. The van der Waals surface area contributed by atoms with Crippen molar-refractivity contribution in [2.75, 3.05) is 26.2 Å². The summed E-state index contributed by atoms with van der Waals surface area (Å²) in [4.78, 5) is 2.15. The molecule has 1 saturated heterocycles. The molecule has 0 aromatic rings. The van der Waals surface area contributed by atoms with Crippen LogP contribution in [-0.2, 0) is 4.74 Å². The van der Waals surface area contributed by atoms with E-state index in [-0.39, 0.29) is 5.84 Å². The maximum Gasteiger partial charge on any atom is 0.153 e. The summed E-state index contributed by atoms with van der Waals surface area (Å²) in [6.45, 7) is 5.34. The third kappa shape index (κ3) is 4.48. The highest BCUT2D eigenvalue weighted by molar-refractivity contribution is 5.81. The van der Waals surface area contributed by atoms with Crippen molar-refractivity contribution in [3.8, 4) is 0 Å². The van der Waals surface area contributed by atoms with Crippen LogP contribution in [-0.4, -0.2) is 48.3 Å². The number of hydrogen-bond acceptors (Lipinski definition) is 4. The Morgan fingerprint density at radius 2 is 2.47 bits per heavy atom. The van der Waals surface area contributed by atoms with Gasteiger partial charge in [-0.3, -0.25) is 4.90 Å². The quantitative estimate of drug-likeness (QED) is 0.295. The van der Waals surface area contributed by atoms with Crippen LogP contribution in [0, 0.1) is 0 Å². The van der Waals surface area contributed by atoms with Crippen molar-refractivity contribution in [3.05, 3.63) is 0 Å². The summed E-state index contributed by atoms with van der Waals surface area (Å²) in [6.07, 6.45) is 3.79. The van der Waals surface area contributed by atoms with Crippen molar-refractivity contribution in [1.29, 1.82) is 0 Å². The second kappa shape index (κ2) is 6.63. The molecule has 0 spiro atoms. The molecule has 1 unspecified atom stereocenters. The summed E-state index contributed by atoms with van der Waals surface area (Å²) >= 11 is 0. The van der Waals surface area contributed by atoms with Crippen LogP contribution in [0.15, 0.2) is 5.16 Å². The van der Waals surface area contributed by atoms with Crippen LogP contribution in [0.1, 0.15) is 26.2 Å². The first kappa shape index (κ1) is 12.3. The SMILES string of the molecule is CCN(CCC1CCCO1)CC(N)=NO. The van der Waals surface area contributed by atoms with Crippen LogP contribution in [0.2, 0.25) is 0 Å². The topological polar surface area (TPSA) is 71.1 Å². The Labute approximate surface area is 90.9 Å². The van der Waals surface area contributed by atoms with E-state index in [1.165, 1.54) is 12.8 Å². The summed E-state index contributed by atoms with van der Waals surface area (Å²) in [7, 11) is 0. The fraction of sp³-hybridized carbons (Fsp3) is 0.900. The monoisotopic (exact) mass is 215 g/mol. The average molecular weight is 215 g/mol. The highest BCUT2D eigenvalue weighted by Gasteiger charge is 2.16. The molecule has 0 aromatic heterocycles. The summed E-state index contributed by atoms with van der Waals surface area (Å²) in [6, 6.07) is 0. The molecule has 0 aromatic carbocycles. The van der Waals surface area contributed by atoms with Gasteiger partial charge in [-0.1, -0.05) is 12.1 Å². The van der Waals surface area contributed by atoms with E-state index in [9.17, 15) is 0 Å². The molecule has 1 fully saturated rings. The lowest BCUT2D eigenvalue weighted by atomic mass is 10.2. The van der Waals surface area contributed by atoms with Crippen molar-refractivity contribution < 1.29 is 9.94 Å². The minimum absolute atomic E-state index is 0.268. The van der Waals surface area contributed by atoms with Gasteiger partial charge in [0.15, 0.2) is 5.84 Å². The van der Waals surface area contributed by atoms with Gasteiger partial charge in [0.2, 0.25) is 0 Å². The van der Waals surface area contributed by atoms with Gasteiger partial charge in [0.25, 0.3) is 0 Å². The Kier molecular flexibility index (Phi) is 5.42. The predicted molar refractivity (Wildman–Crippen MR) is 59.1 cm³/mol. The van der Waals surface area contributed by atoms with E-state index >= 15 is 0 Å². The molecule has 5 heteroatoms. The fourth-order valence-corrected chi connectivity index (χ4v) is 1.81. The van der Waals surface area contributed by atoms with Crippen molar-refractivity contribution in [2.24, 2.45) is 10.9 Å². The van der Waals surface area contributed by atoms with Gasteiger partial charge in [0.05, 0.1) is 12.6 Å². The van der Waals surface area contributed by atoms with E-state index in [1.54, 1.807) is 0 Å². The molecule has 0 bridgehead atoms. The Hall–Kier alpha value is -0.810. The van der Waals surface area contributed by atoms with Crippen LogP contribution < -0.4 is 5.73 Å². The van der Waals surface area contributed by atoms with Gasteiger partial charge in [0, 0.05) is 13.2 Å². The highest BCUT2D eigenvalue weighted by atomic mass is 16.5. The molecule has 1 rings (SSSR count). The molecule has 88 valence electrons. The highest BCUT2D eigenvalue weighted by Crippen LogP contribution is 2.15. The number of oxime groups is 1. The van der Waals surface area contributed by atoms with Gasteiger partial charge in [-0.05, 0) is 25.8 Å². The van der Waals surface area contributed by atoms with Gasteiger partial charge < -0.3 is 15.7 Å². The van der Waals surface area contributed by atoms with Gasteiger partial charge in [0.1, 0.15) is 0 Å². The molecule has 1 aliphatic heterocycles. The maximum absolute atomic E-state index is 8.47. The lowest BCUT2D eigenvalue weighted by Crippen LogP contribution is -2.35. The number of amidine groups is 1. The van der Waals surface area contributed by atoms with E-state index in [0.29, 0.717) is 12.6 Å². The van der Waals surface area contributed by atoms with Crippen molar-refractivity contribution in [3.63, 3.8) is 0 Å². The molecule has 15 heavy (non-hydrogen) atoms. The minimum atomic E-state index is 0.268. The molecule has 1 atom stereocenters. The number of nitrogens with zero attached hydrogens (tertiary/aromatic N) is 2. The van der Waals surface area contributed by atoms with Gasteiger partial charge in [-0.15, -0.1) is 0 Å². The van der Waals surface area contributed by atoms with Crippen LogP contribution in [0.25, 0.3) is 0 Å². The number of nitrogens with two attached hydrogens (primary N) is 1. The fourth-order valence-electron chi connectivity index (χ4n) is 1.81. The van der Waals surface area contributed by atoms with E-state index in [0.717, 1.165) is 26.1 Å². The molecule has 0 amide bonds. The normalized spacial score (nSPS) is 22.5. The Morgan fingerprint density at radius 3 is 3.00 bits per heavy atom. The number of hydrogen-bond donors (Lipinski definition) is 2. The second-order valence-electron chi connectivity index (χ2n) is 3.88. The molecule has 1 heterocycles. The zero-order chi connectivity index (χ0) is 11.1. The van der Waals surface area contributed by atoms with E-state index < -0.39 is 0 Å².